The normalized spacial score (nSPS) is 13.0. The highest BCUT2D eigenvalue weighted by Gasteiger charge is 2.30. The third kappa shape index (κ3) is 6.00. The van der Waals surface area contributed by atoms with Crippen LogP contribution < -0.4 is 0 Å². The van der Waals surface area contributed by atoms with Crippen LogP contribution >= 0.6 is 0 Å². The van der Waals surface area contributed by atoms with Crippen LogP contribution in [0, 0.1) is 11.8 Å². The molecule has 1 aromatic carbocycles. The number of halogens is 2. The number of carboxylic acid groups (broad SMARTS) is 1. The fraction of sp³-hybridized carbons (Fsp3) is 0.318. The third-order valence-corrected chi connectivity index (χ3v) is 3.82. The second-order valence-corrected chi connectivity index (χ2v) is 7.05. The molecule has 2 nitrogen and oxygen atoms in total. The zero-order chi connectivity index (χ0) is 20.1. The number of carboxylic acids is 1. The Kier molecular flexibility index (Phi) is 6.69. The fourth-order valence-electron chi connectivity index (χ4n) is 2.28. The molecular weight excluding hydrogens is 334 g/mol. The van der Waals surface area contributed by atoms with Gasteiger partial charge >= 0.3 is 5.97 Å². The first-order valence-corrected chi connectivity index (χ1v) is 8.17. The average molecular weight is 358 g/mol. The Labute approximate surface area is 153 Å². The second kappa shape index (κ2) is 8.14. The highest BCUT2D eigenvalue weighted by atomic mass is 19.3. The van der Waals surface area contributed by atoms with Crippen LogP contribution in [0.3, 0.4) is 0 Å². The van der Waals surface area contributed by atoms with Crippen molar-refractivity contribution in [2.45, 2.75) is 46.0 Å². The van der Waals surface area contributed by atoms with Crippen LogP contribution in [0.25, 0.3) is 5.57 Å². The van der Waals surface area contributed by atoms with Crippen molar-refractivity contribution >= 4 is 11.5 Å². The molecule has 0 aromatic heterocycles. The number of hydrogen-bond donors (Lipinski definition) is 1. The summed E-state index contributed by atoms with van der Waals surface area (Å²) in [6.45, 7) is 12.4. The summed E-state index contributed by atoms with van der Waals surface area (Å²) in [6, 6.07) is 7.32. The maximum Gasteiger partial charge on any atom is 0.382 e. The minimum atomic E-state index is -3.15. The molecule has 0 spiro atoms. The molecule has 0 unspecified atom stereocenters. The van der Waals surface area contributed by atoms with Crippen molar-refractivity contribution in [1.29, 1.82) is 0 Å². The number of carbonyl (C=O) groups is 1. The molecule has 0 amide bonds. The molecule has 0 aliphatic carbocycles. The topological polar surface area (TPSA) is 37.3 Å². The smallest absolute Gasteiger partial charge is 0.382 e. The van der Waals surface area contributed by atoms with E-state index in [1.807, 2.05) is 18.1 Å². The van der Waals surface area contributed by atoms with Gasteiger partial charge in [-0.1, -0.05) is 63.6 Å². The Bertz CT molecular complexity index is 803. The number of aliphatic carboxylic acids is 1. The molecule has 138 valence electrons. The largest absolute Gasteiger partial charge is 0.472 e. The van der Waals surface area contributed by atoms with E-state index in [4.69, 9.17) is 5.11 Å². The number of hydrogen-bond acceptors (Lipinski definition) is 1. The van der Waals surface area contributed by atoms with Gasteiger partial charge in [-0.15, -0.1) is 0 Å². The van der Waals surface area contributed by atoms with Crippen molar-refractivity contribution in [2.75, 3.05) is 0 Å². The number of benzene rings is 1. The van der Waals surface area contributed by atoms with Gasteiger partial charge in [-0.05, 0) is 35.1 Å². The van der Waals surface area contributed by atoms with E-state index in [2.05, 4.69) is 33.3 Å². The fourth-order valence-corrected chi connectivity index (χ4v) is 2.28. The molecule has 0 heterocycles. The predicted molar refractivity (Wildman–Crippen MR) is 102 cm³/mol. The van der Waals surface area contributed by atoms with E-state index in [9.17, 15) is 13.6 Å². The molecule has 1 N–H and O–H groups in total. The van der Waals surface area contributed by atoms with E-state index in [0.717, 1.165) is 12.5 Å². The summed E-state index contributed by atoms with van der Waals surface area (Å²) in [5, 5.41) is 8.64. The van der Waals surface area contributed by atoms with Crippen LogP contribution in [0.15, 0.2) is 54.1 Å². The Morgan fingerprint density at radius 3 is 2.04 bits per heavy atom. The molecule has 1 rings (SSSR count). The van der Waals surface area contributed by atoms with Crippen LogP contribution in [0.2, 0.25) is 0 Å². The van der Waals surface area contributed by atoms with Crippen molar-refractivity contribution < 1.29 is 18.7 Å². The molecule has 4 heteroatoms. The third-order valence-electron chi connectivity index (χ3n) is 3.82. The molecule has 0 aliphatic rings. The van der Waals surface area contributed by atoms with E-state index >= 15 is 0 Å². The van der Waals surface area contributed by atoms with E-state index in [1.54, 1.807) is 19.1 Å². The lowest BCUT2D eigenvalue weighted by Gasteiger charge is -2.21. The summed E-state index contributed by atoms with van der Waals surface area (Å²) < 4.78 is 28.3. The Morgan fingerprint density at radius 1 is 1.12 bits per heavy atom. The van der Waals surface area contributed by atoms with E-state index in [0.29, 0.717) is 5.56 Å². The molecule has 0 bridgehead atoms. The van der Waals surface area contributed by atoms with Gasteiger partial charge in [0.1, 0.15) is 0 Å². The molecule has 0 radical (unpaired) electrons. The lowest BCUT2D eigenvalue weighted by atomic mass is 9.85. The van der Waals surface area contributed by atoms with Crippen molar-refractivity contribution in [3.8, 4) is 11.8 Å². The minimum absolute atomic E-state index is 0.0439. The van der Waals surface area contributed by atoms with Gasteiger partial charge in [-0.25, -0.2) is 13.6 Å². The molecule has 0 atom stereocenters. The zero-order valence-corrected chi connectivity index (χ0v) is 15.8. The second-order valence-electron chi connectivity index (χ2n) is 7.05. The van der Waals surface area contributed by atoms with Crippen LogP contribution in [0.4, 0.5) is 8.78 Å². The average Bonchev–Trinajstić information content (AvgIpc) is 2.52. The SMILES string of the molecule is C=C(/C(=C\C(C#CC(=O)O)=C/C)C(C)(F)F)c1ccc(C(C)(C)C)cc1. The zero-order valence-electron chi connectivity index (χ0n) is 15.8. The van der Waals surface area contributed by atoms with Crippen molar-refractivity contribution in [1.82, 2.24) is 0 Å². The van der Waals surface area contributed by atoms with Gasteiger partial charge in [0.25, 0.3) is 5.92 Å². The molecule has 1 aromatic rings. The molecule has 0 saturated carbocycles. The summed E-state index contributed by atoms with van der Waals surface area (Å²) in [6.07, 6.45) is 2.67. The van der Waals surface area contributed by atoms with Crippen molar-refractivity contribution in [3.63, 3.8) is 0 Å². The van der Waals surface area contributed by atoms with Gasteiger partial charge in [0, 0.05) is 24.0 Å². The summed E-state index contributed by atoms with van der Waals surface area (Å²) in [5.41, 5.74) is 1.69. The first-order chi connectivity index (χ1) is 11.9. The van der Waals surface area contributed by atoms with E-state index < -0.39 is 11.9 Å². The first-order valence-electron chi connectivity index (χ1n) is 8.17. The monoisotopic (exact) mass is 358 g/mol. The molecular formula is C22H24F2O2. The van der Waals surface area contributed by atoms with Gasteiger partial charge in [-0.3, -0.25) is 0 Å². The van der Waals surface area contributed by atoms with E-state index in [1.165, 1.54) is 12.2 Å². The van der Waals surface area contributed by atoms with Crippen LogP contribution in [0.1, 0.15) is 45.7 Å². The molecule has 0 aliphatic heterocycles. The van der Waals surface area contributed by atoms with Gasteiger partial charge in [0.05, 0.1) is 0 Å². The minimum Gasteiger partial charge on any atom is -0.472 e. The molecule has 0 fully saturated rings. The number of allylic oxidation sites excluding steroid dienone is 5. The van der Waals surface area contributed by atoms with Crippen LogP contribution in [0.5, 0.6) is 0 Å². The van der Waals surface area contributed by atoms with Crippen molar-refractivity contribution in [2.24, 2.45) is 0 Å². The summed E-state index contributed by atoms with van der Waals surface area (Å²) in [7, 11) is 0. The maximum atomic E-state index is 14.2. The van der Waals surface area contributed by atoms with E-state index in [-0.39, 0.29) is 22.1 Å². The highest BCUT2D eigenvalue weighted by Crippen LogP contribution is 2.35. The number of alkyl halides is 2. The van der Waals surface area contributed by atoms with Crippen LogP contribution in [-0.2, 0) is 10.2 Å². The summed E-state index contributed by atoms with van der Waals surface area (Å²) >= 11 is 0. The summed E-state index contributed by atoms with van der Waals surface area (Å²) in [5.74, 6) is -0.171. The Balaban J connectivity index is 3.34. The first kappa shape index (κ1) is 21.4. The Morgan fingerprint density at radius 2 is 1.65 bits per heavy atom. The van der Waals surface area contributed by atoms with Gasteiger partial charge in [-0.2, -0.15) is 0 Å². The lowest BCUT2D eigenvalue weighted by molar-refractivity contribution is -0.130. The molecule has 0 saturated heterocycles. The standard InChI is InChI=1S/C22H24F2O2/c1-7-16(8-13-20(25)26)14-19(22(6,23)24)15(2)17-9-11-18(12-10-17)21(3,4)5/h7,9-12,14H,2H2,1,3-6H3,(H,25,26)/b16-7-,19-14+. The van der Waals surface area contributed by atoms with Crippen LogP contribution in [-0.4, -0.2) is 17.0 Å². The predicted octanol–water partition coefficient (Wildman–Crippen LogP) is 5.61. The number of rotatable bonds is 4. The van der Waals surface area contributed by atoms with Gasteiger partial charge < -0.3 is 5.11 Å². The summed E-state index contributed by atoms with van der Waals surface area (Å²) in [4.78, 5) is 10.6. The lowest BCUT2D eigenvalue weighted by Crippen LogP contribution is -2.16. The van der Waals surface area contributed by atoms with Crippen molar-refractivity contribution in [3.05, 3.63) is 65.3 Å². The van der Waals surface area contributed by atoms with Gasteiger partial charge in [0.15, 0.2) is 0 Å². The Hall–Kier alpha value is -2.67. The van der Waals surface area contributed by atoms with Gasteiger partial charge in [0.2, 0.25) is 0 Å². The quantitative estimate of drug-likeness (QED) is 0.561. The highest BCUT2D eigenvalue weighted by molar-refractivity contribution is 5.87. The molecule has 26 heavy (non-hydrogen) atoms. The maximum absolute atomic E-state index is 14.2.